The van der Waals surface area contributed by atoms with Gasteiger partial charge in [-0.1, -0.05) is 79.4 Å². The zero-order valence-electron chi connectivity index (χ0n) is 17.8. The Morgan fingerprint density at radius 2 is 1.20 bits per heavy atom. The predicted molar refractivity (Wildman–Crippen MR) is 111 cm³/mol. The van der Waals surface area contributed by atoms with Gasteiger partial charge in [-0.15, -0.1) is 0 Å². The van der Waals surface area contributed by atoms with E-state index in [1.165, 1.54) is 50.5 Å². The molecule has 0 fully saturated rings. The summed E-state index contributed by atoms with van der Waals surface area (Å²) in [6.07, 6.45) is 12.2. The third kappa shape index (κ3) is 11.3. The summed E-state index contributed by atoms with van der Waals surface area (Å²) < 4.78 is 0. The second-order valence-corrected chi connectivity index (χ2v) is 10.2. The molecule has 1 heteroatoms. The lowest BCUT2D eigenvalue weighted by Gasteiger charge is -2.17. The fourth-order valence-electron chi connectivity index (χ4n) is 3.29. The van der Waals surface area contributed by atoms with E-state index in [2.05, 4.69) is 53.7 Å². The molecule has 0 aliphatic heterocycles. The first-order valence-corrected chi connectivity index (χ1v) is 10.4. The minimum Gasteiger partial charge on any atom is -0.508 e. The summed E-state index contributed by atoms with van der Waals surface area (Å²) in [7, 11) is 0. The summed E-state index contributed by atoms with van der Waals surface area (Å²) >= 11 is 0. The third-order valence-electron chi connectivity index (χ3n) is 4.91. The number of unbranched alkanes of at least 4 members (excludes halogenated alkanes) is 4. The largest absolute Gasteiger partial charge is 0.508 e. The SMILES string of the molecule is CC(C)(C)CCCCCCc1ccc(CCCCC(C)(C)C)c(O)c1. The molecule has 1 aromatic rings. The van der Waals surface area contributed by atoms with Crippen LogP contribution in [0.15, 0.2) is 18.2 Å². The van der Waals surface area contributed by atoms with Gasteiger partial charge in [0.25, 0.3) is 0 Å². The highest BCUT2D eigenvalue weighted by Gasteiger charge is 2.10. The number of hydrogen-bond donors (Lipinski definition) is 1. The van der Waals surface area contributed by atoms with Gasteiger partial charge in [0, 0.05) is 0 Å². The molecule has 0 heterocycles. The summed E-state index contributed by atoms with van der Waals surface area (Å²) in [5, 5.41) is 10.3. The summed E-state index contributed by atoms with van der Waals surface area (Å²) in [6.45, 7) is 13.8. The number of rotatable bonds is 10. The van der Waals surface area contributed by atoms with Crippen LogP contribution in [-0.4, -0.2) is 5.11 Å². The summed E-state index contributed by atoms with van der Waals surface area (Å²) in [5.74, 6) is 0.501. The van der Waals surface area contributed by atoms with Gasteiger partial charge in [-0.2, -0.15) is 0 Å². The van der Waals surface area contributed by atoms with Crippen molar-refractivity contribution < 1.29 is 5.11 Å². The van der Waals surface area contributed by atoms with Crippen LogP contribution in [-0.2, 0) is 12.8 Å². The molecule has 25 heavy (non-hydrogen) atoms. The van der Waals surface area contributed by atoms with Gasteiger partial charge >= 0.3 is 0 Å². The average Bonchev–Trinajstić information content (AvgIpc) is 2.47. The summed E-state index contributed by atoms with van der Waals surface area (Å²) in [6, 6.07) is 6.35. The highest BCUT2D eigenvalue weighted by atomic mass is 16.3. The standard InChI is InChI=1S/C24H42O/c1-23(2,3)17-11-8-7-9-13-20-15-16-21(22(25)19-20)14-10-12-18-24(4,5)6/h15-16,19,25H,7-14,17-18H2,1-6H3. The number of benzene rings is 1. The summed E-state index contributed by atoms with van der Waals surface area (Å²) in [5.41, 5.74) is 3.28. The van der Waals surface area contributed by atoms with Crippen molar-refractivity contribution in [2.24, 2.45) is 10.8 Å². The molecule has 0 spiro atoms. The van der Waals surface area contributed by atoms with Crippen molar-refractivity contribution in [2.45, 2.75) is 106 Å². The molecule has 144 valence electrons. The van der Waals surface area contributed by atoms with Crippen LogP contribution in [0.1, 0.15) is 104 Å². The van der Waals surface area contributed by atoms with Crippen molar-refractivity contribution in [3.8, 4) is 5.75 Å². The monoisotopic (exact) mass is 346 g/mol. The Balaban J connectivity index is 2.26. The van der Waals surface area contributed by atoms with Crippen molar-refractivity contribution in [1.29, 1.82) is 0 Å². The number of phenols is 1. The lowest BCUT2D eigenvalue weighted by molar-refractivity contribution is 0.357. The molecule has 0 saturated heterocycles. The van der Waals surface area contributed by atoms with Gasteiger partial charge in [-0.25, -0.2) is 0 Å². The molecule has 1 rings (SSSR count). The Morgan fingerprint density at radius 3 is 1.76 bits per heavy atom. The van der Waals surface area contributed by atoms with Crippen LogP contribution in [0.3, 0.4) is 0 Å². The first kappa shape index (κ1) is 22.1. The average molecular weight is 347 g/mol. The maximum Gasteiger partial charge on any atom is 0.119 e. The van der Waals surface area contributed by atoms with Crippen LogP contribution < -0.4 is 0 Å². The van der Waals surface area contributed by atoms with E-state index in [9.17, 15) is 5.11 Å². The molecular weight excluding hydrogens is 304 g/mol. The molecular formula is C24H42O. The smallest absolute Gasteiger partial charge is 0.119 e. The van der Waals surface area contributed by atoms with Crippen LogP contribution in [0, 0.1) is 10.8 Å². The molecule has 0 amide bonds. The van der Waals surface area contributed by atoms with Crippen molar-refractivity contribution in [3.63, 3.8) is 0 Å². The molecule has 0 radical (unpaired) electrons. The highest BCUT2D eigenvalue weighted by Crippen LogP contribution is 2.26. The highest BCUT2D eigenvalue weighted by molar-refractivity contribution is 5.36. The maximum absolute atomic E-state index is 10.3. The predicted octanol–water partition coefficient (Wildman–Crippen LogP) is 7.69. The Labute approximate surface area is 157 Å². The zero-order valence-corrected chi connectivity index (χ0v) is 17.8. The third-order valence-corrected chi connectivity index (χ3v) is 4.91. The van der Waals surface area contributed by atoms with Gasteiger partial charge in [0.15, 0.2) is 0 Å². The minimum absolute atomic E-state index is 0.415. The molecule has 0 atom stereocenters. The lowest BCUT2D eigenvalue weighted by Crippen LogP contribution is -2.04. The van der Waals surface area contributed by atoms with E-state index in [1.54, 1.807) is 0 Å². The van der Waals surface area contributed by atoms with Crippen molar-refractivity contribution >= 4 is 0 Å². The maximum atomic E-state index is 10.3. The normalized spacial score (nSPS) is 12.6. The molecule has 0 unspecified atom stereocenters. The number of aromatic hydroxyl groups is 1. The van der Waals surface area contributed by atoms with Crippen LogP contribution in [0.2, 0.25) is 0 Å². The molecule has 1 N–H and O–H groups in total. The second-order valence-electron chi connectivity index (χ2n) is 10.2. The van der Waals surface area contributed by atoms with E-state index in [1.807, 2.05) is 6.07 Å². The fraction of sp³-hybridized carbons (Fsp3) is 0.750. The molecule has 0 aromatic heterocycles. The number of aryl methyl sites for hydroxylation is 2. The van der Waals surface area contributed by atoms with Gasteiger partial charge in [-0.3, -0.25) is 0 Å². The fourth-order valence-corrected chi connectivity index (χ4v) is 3.29. The Kier molecular flexibility index (Phi) is 9.03. The van der Waals surface area contributed by atoms with Crippen LogP contribution in [0.4, 0.5) is 0 Å². The number of hydrogen-bond acceptors (Lipinski definition) is 1. The van der Waals surface area contributed by atoms with Crippen molar-refractivity contribution in [3.05, 3.63) is 29.3 Å². The quantitative estimate of drug-likeness (QED) is 0.430. The Bertz CT molecular complexity index is 488. The Hall–Kier alpha value is -0.980. The van der Waals surface area contributed by atoms with Gasteiger partial charge < -0.3 is 5.11 Å². The molecule has 1 nitrogen and oxygen atoms in total. The van der Waals surface area contributed by atoms with E-state index in [-0.39, 0.29) is 0 Å². The van der Waals surface area contributed by atoms with E-state index in [4.69, 9.17) is 0 Å². The van der Waals surface area contributed by atoms with Crippen molar-refractivity contribution in [2.75, 3.05) is 0 Å². The van der Waals surface area contributed by atoms with Gasteiger partial charge in [-0.05, 0) is 66.5 Å². The molecule has 0 saturated carbocycles. The Morgan fingerprint density at radius 1 is 0.680 bits per heavy atom. The van der Waals surface area contributed by atoms with Gasteiger partial charge in [0.1, 0.15) is 5.75 Å². The topological polar surface area (TPSA) is 20.2 Å². The second kappa shape index (κ2) is 10.2. The molecule has 0 bridgehead atoms. The molecule has 0 aliphatic rings. The van der Waals surface area contributed by atoms with E-state index < -0.39 is 0 Å². The van der Waals surface area contributed by atoms with Crippen LogP contribution >= 0.6 is 0 Å². The van der Waals surface area contributed by atoms with Crippen LogP contribution in [0.5, 0.6) is 5.75 Å². The van der Waals surface area contributed by atoms with Crippen LogP contribution in [0.25, 0.3) is 0 Å². The minimum atomic E-state index is 0.415. The molecule has 1 aromatic carbocycles. The van der Waals surface area contributed by atoms with E-state index in [0.717, 1.165) is 24.8 Å². The van der Waals surface area contributed by atoms with Gasteiger partial charge in [0.05, 0.1) is 0 Å². The van der Waals surface area contributed by atoms with E-state index in [0.29, 0.717) is 16.6 Å². The van der Waals surface area contributed by atoms with Crippen molar-refractivity contribution in [1.82, 2.24) is 0 Å². The first-order valence-electron chi connectivity index (χ1n) is 10.4. The summed E-state index contributed by atoms with van der Waals surface area (Å²) in [4.78, 5) is 0. The number of phenolic OH excluding ortho intramolecular Hbond substituents is 1. The first-order chi connectivity index (χ1) is 11.6. The lowest BCUT2D eigenvalue weighted by atomic mass is 9.89. The zero-order chi connectivity index (χ0) is 18.9. The van der Waals surface area contributed by atoms with Gasteiger partial charge in [0.2, 0.25) is 0 Å². The molecule has 0 aliphatic carbocycles. The van der Waals surface area contributed by atoms with E-state index >= 15 is 0 Å².